The summed E-state index contributed by atoms with van der Waals surface area (Å²) in [5.74, 6) is 2.18. The number of rotatable bonds is 6. The van der Waals surface area contributed by atoms with Gasteiger partial charge in [-0.3, -0.25) is 10.1 Å². The molecule has 2 aromatic rings. The van der Waals surface area contributed by atoms with Crippen molar-refractivity contribution >= 4 is 17.5 Å². The molecule has 0 aromatic heterocycles. The minimum absolute atomic E-state index is 0.0198. The molecule has 1 aliphatic rings. The lowest BCUT2D eigenvalue weighted by Gasteiger charge is -2.16. The van der Waals surface area contributed by atoms with Gasteiger partial charge in [0.05, 0.1) is 32.7 Å². The number of Topliss-reactive ketones (excluding diaryl/α,β-unsaturated/α-hetero) is 1. The molecule has 0 spiro atoms. The summed E-state index contributed by atoms with van der Waals surface area (Å²) >= 11 is 1.74. The normalized spacial score (nSPS) is 19.2. The summed E-state index contributed by atoms with van der Waals surface area (Å²) in [6.07, 6.45) is 0. The van der Waals surface area contributed by atoms with Gasteiger partial charge in [0.2, 0.25) is 5.75 Å². The Morgan fingerprint density at radius 2 is 1.65 bits per heavy atom. The van der Waals surface area contributed by atoms with Crippen LogP contribution in [-0.4, -0.2) is 38.9 Å². The highest BCUT2D eigenvalue weighted by atomic mass is 32.2. The number of methoxy groups -OCH3 is 3. The largest absolute Gasteiger partial charge is 0.493 e. The Morgan fingerprint density at radius 3 is 2.19 bits per heavy atom. The van der Waals surface area contributed by atoms with E-state index in [2.05, 4.69) is 36.5 Å². The van der Waals surface area contributed by atoms with Gasteiger partial charge in [-0.15, -0.1) is 11.8 Å². The first kappa shape index (κ1) is 18.6. The first-order valence-electron chi connectivity index (χ1n) is 8.35. The Balaban J connectivity index is 1.80. The second-order valence-corrected chi connectivity index (χ2v) is 7.26. The van der Waals surface area contributed by atoms with Crippen molar-refractivity contribution in [2.75, 3.05) is 27.1 Å². The van der Waals surface area contributed by atoms with Crippen LogP contribution in [0.4, 0.5) is 0 Å². The third-order valence-electron chi connectivity index (χ3n) is 4.43. The molecule has 1 heterocycles. The summed E-state index contributed by atoms with van der Waals surface area (Å²) in [6.45, 7) is 2.07. The number of nitrogens with one attached hydrogen (secondary N) is 1. The summed E-state index contributed by atoms with van der Waals surface area (Å²) < 4.78 is 16.0. The van der Waals surface area contributed by atoms with Crippen molar-refractivity contribution in [1.29, 1.82) is 0 Å². The third kappa shape index (κ3) is 3.66. The molecular formula is C20H23NO4S. The SMILES string of the molecule is COc1cc(C(=O)C2CSC(c3ccc(C)cc3)N2)cc(OC)c1OC. The van der Waals surface area contributed by atoms with E-state index < -0.39 is 0 Å². The highest BCUT2D eigenvalue weighted by Crippen LogP contribution is 2.39. The molecule has 1 N–H and O–H groups in total. The summed E-state index contributed by atoms with van der Waals surface area (Å²) in [7, 11) is 4.63. The van der Waals surface area contributed by atoms with Gasteiger partial charge in [-0.05, 0) is 24.6 Å². The van der Waals surface area contributed by atoms with Gasteiger partial charge in [0.15, 0.2) is 17.3 Å². The Bertz CT molecular complexity index is 766. The molecular weight excluding hydrogens is 350 g/mol. The van der Waals surface area contributed by atoms with Crippen molar-refractivity contribution in [2.45, 2.75) is 18.3 Å². The summed E-state index contributed by atoms with van der Waals surface area (Å²) in [5, 5.41) is 3.55. The quantitative estimate of drug-likeness (QED) is 0.781. The van der Waals surface area contributed by atoms with E-state index in [4.69, 9.17) is 14.2 Å². The van der Waals surface area contributed by atoms with Crippen LogP contribution in [0.25, 0.3) is 0 Å². The third-order valence-corrected chi connectivity index (χ3v) is 5.70. The molecule has 1 aliphatic heterocycles. The Hall–Kier alpha value is -2.18. The van der Waals surface area contributed by atoms with E-state index >= 15 is 0 Å². The molecule has 3 rings (SSSR count). The fourth-order valence-corrected chi connectivity index (χ4v) is 4.22. The maximum absolute atomic E-state index is 13.0. The zero-order valence-corrected chi connectivity index (χ0v) is 16.2. The minimum Gasteiger partial charge on any atom is -0.493 e. The van der Waals surface area contributed by atoms with Gasteiger partial charge in [-0.2, -0.15) is 0 Å². The van der Waals surface area contributed by atoms with Crippen LogP contribution in [0.1, 0.15) is 26.9 Å². The fraction of sp³-hybridized carbons (Fsp3) is 0.350. The van der Waals surface area contributed by atoms with Gasteiger partial charge in [0.25, 0.3) is 0 Å². The van der Waals surface area contributed by atoms with Gasteiger partial charge in [0.1, 0.15) is 0 Å². The van der Waals surface area contributed by atoms with Gasteiger partial charge in [0, 0.05) is 11.3 Å². The van der Waals surface area contributed by atoms with Crippen molar-refractivity contribution in [1.82, 2.24) is 5.32 Å². The fourth-order valence-electron chi connectivity index (χ4n) is 2.98. The van der Waals surface area contributed by atoms with Crippen molar-refractivity contribution in [3.05, 3.63) is 53.1 Å². The maximum atomic E-state index is 13.0. The van der Waals surface area contributed by atoms with Gasteiger partial charge in [-0.25, -0.2) is 0 Å². The summed E-state index contributed by atoms with van der Waals surface area (Å²) in [5.41, 5.74) is 2.95. The Labute approximate surface area is 158 Å². The lowest BCUT2D eigenvalue weighted by atomic mass is 10.0. The van der Waals surface area contributed by atoms with Crippen LogP contribution in [-0.2, 0) is 0 Å². The van der Waals surface area contributed by atoms with E-state index in [9.17, 15) is 4.79 Å². The predicted octanol–water partition coefficient (Wildman–Crippen LogP) is 3.61. The van der Waals surface area contributed by atoms with E-state index in [0.29, 0.717) is 28.6 Å². The lowest BCUT2D eigenvalue weighted by Crippen LogP contribution is -2.34. The second-order valence-electron chi connectivity index (χ2n) is 6.12. The van der Waals surface area contributed by atoms with E-state index in [1.54, 1.807) is 45.2 Å². The molecule has 2 aromatic carbocycles. The number of hydrogen-bond donors (Lipinski definition) is 1. The monoisotopic (exact) mass is 373 g/mol. The average molecular weight is 373 g/mol. The summed E-state index contributed by atoms with van der Waals surface area (Å²) in [4.78, 5) is 13.0. The van der Waals surface area contributed by atoms with E-state index in [0.717, 1.165) is 0 Å². The molecule has 0 amide bonds. The number of carbonyl (C=O) groups is 1. The number of benzene rings is 2. The number of ether oxygens (including phenoxy) is 3. The molecule has 138 valence electrons. The zero-order chi connectivity index (χ0) is 18.7. The smallest absolute Gasteiger partial charge is 0.203 e. The molecule has 26 heavy (non-hydrogen) atoms. The number of thioether (sulfide) groups is 1. The first-order valence-corrected chi connectivity index (χ1v) is 9.40. The molecule has 2 atom stereocenters. The van der Waals surface area contributed by atoms with Gasteiger partial charge >= 0.3 is 0 Å². The highest BCUT2D eigenvalue weighted by molar-refractivity contribution is 7.99. The molecule has 1 saturated heterocycles. The highest BCUT2D eigenvalue weighted by Gasteiger charge is 2.32. The predicted molar refractivity (Wildman–Crippen MR) is 104 cm³/mol. The average Bonchev–Trinajstić information content (AvgIpc) is 3.16. The van der Waals surface area contributed by atoms with E-state index in [-0.39, 0.29) is 17.2 Å². The van der Waals surface area contributed by atoms with Crippen molar-refractivity contribution in [3.8, 4) is 17.2 Å². The van der Waals surface area contributed by atoms with Crippen LogP contribution >= 0.6 is 11.8 Å². The van der Waals surface area contributed by atoms with Crippen molar-refractivity contribution in [2.24, 2.45) is 0 Å². The molecule has 6 heteroatoms. The second kappa shape index (κ2) is 8.01. The standard InChI is InChI=1S/C20H23NO4S/c1-12-5-7-13(8-6-12)20-21-15(11-26-20)18(22)14-9-16(23-2)19(25-4)17(10-14)24-3/h5-10,15,20-21H,11H2,1-4H3. The van der Waals surface area contributed by atoms with Gasteiger partial charge < -0.3 is 14.2 Å². The maximum Gasteiger partial charge on any atom is 0.203 e. The van der Waals surface area contributed by atoms with Gasteiger partial charge in [-0.1, -0.05) is 29.8 Å². The topological polar surface area (TPSA) is 56.8 Å². The van der Waals surface area contributed by atoms with Crippen LogP contribution in [0, 0.1) is 6.92 Å². The van der Waals surface area contributed by atoms with Crippen LogP contribution in [0.5, 0.6) is 17.2 Å². The van der Waals surface area contributed by atoms with Crippen LogP contribution in [0.2, 0.25) is 0 Å². The van der Waals surface area contributed by atoms with Crippen LogP contribution in [0.3, 0.4) is 0 Å². The minimum atomic E-state index is -0.255. The molecule has 1 fully saturated rings. The first-order chi connectivity index (χ1) is 12.6. The molecule has 0 aliphatic carbocycles. The number of ketones is 1. The Morgan fingerprint density at radius 1 is 1.04 bits per heavy atom. The molecule has 0 radical (unpaired) electrons. The number of aryl methyl sites for hydroxylation is 1. The summed E-state index contributed by atoms with van der Waals surface area (Å²) in [6, 6.07) is 11.5. The molecule has 5 nitrogen and oxygen atoms in total. The van der Waals surface area contributed by atoms with E-state index in [1.807, 2.05) is 0 Å². The van der Waals surface area contributed by atoms with Crippen LogP contribution < -0.4 is 19.5 Å². The van der Waals surface area contributed by atoms with Crippen LogP contribution in [0.15, 0.2) is 36.4 Å². The van der Waals surface area contributed by atoms with Crippen molar-refractivity contribution < 1.29 is 19.0 Å². The lowest BCUT2D eigenvalue weighted by molar-refractivity contribution is 0.0955. The zero-order valence-electron chi connectivity index (χ0n) is 15.4. The number of hydrogen-bond acceptors (Lipinski definition) is 6. The molecule has 0 saturated carbocycles. The number of carbonyl (C=O) groups excluding carboxylic acids is 1. The van der Waals surface area contributed by atoms with Crippen molar-refractivity contribution in [3.63, 3.8) is 0 Å². The molecule has 2 unspecified atom stereocenters. The molecule has 0 bridgehead atoms. The van der Waals surface area contributed by atoms with E-state index in [1.165, 1.54) is 11.1 Å². The Kier molecular flexibility index (Phi) is 5.74.